The van der Waals surface area contributed by atoms with Gasteiger partial charge in [-0.1, -0.05) is 50.2 Å². The lowest BCUT2D eigenvalue weighted by Crippen LogP contribution is -2.34. The summed E-state index contributed by atoms with van der Waals surface area (Å²) in [6.07, 6.45) is 0. The van der Waals surface area contributed by atoms with Crippen molar-refractivity contribution in [3.05, 3.63) is 70.1 Å². The number of likely N-dealkylation sites (N-methyl/N-ethyl adjacent to an activating group) is 1. The number of hydrogen-bond donors (Lipinski definition) is 0. The molecule has 0 radical (unpaired) electrons. The molecule has 3 aromatic rings. The zero-order valence-corrected chi connectivity index (χ0v) is 17.4. The van der Waals surface area contributed by atoms with Crippen molar-refractivity contribution in [3.63, 3.8) is 0 Å². The van der Waals surface area contributed by atoms with Gasteiger partial charge < -0.3 is 9.64 Å². The highest BCUT2D eigenvalue weighted by Crippen LogP contribution is 2.17. The van der Waals surface area contributed by atoms with Gasteiger partial charge >= 0.3 is 0 Å². The number of nitrogens with zero attached hydrogens (tertiary/aromatic N) is 3. The Morgan fingerprint density at radius 2 is 1.76 bits per heavy atom. The molecule has 0 saturated heterocycles. The second kappa shape index (κ2) is 8.90. The Labute approximate surface area is 170 Å². The Balaban J connectivity index is 1.83. The Kier molecular flexibility index (Phi) is 6.32. The topological polar surface area (TPSA) is 64.4 Å². The van der Waals surface area contributed by atoms with Crippen LogP contribution in [0.4, 0.5) is 0 Å². The summed E-state index contributed by atoms with van der Waals surface area (Å²) in [6.45, 7) is 7.26. The van der Waals surface area contributed by atoms with Crippen LogP contribution in [0.3, 0.4) is 0 Å². The van der Waals surface area contributed by atoms with Crippen LogP contribution in [0.2, 0.25) is 0 Å². The summed E-state index contributed by atoms with van der Waals surface area (Å²) in [6, 6.07) is 14.9. The van der Waals surface area contributed by atoms with Crippen LogP contribution in [0.5, 0.6) is 5.75 Å². The fraction of sp³-hybridized carbons (Fsp3) is 0.348. The van der Waals surface area contributed by atoms with Gasteiger partial charge in [0.15, 0.2) is 5.69 Å². The summed E-state index contributed by atoms with van der Waals surface area (Å²) in [5.74, 6) is 0.819. The Bertz CT molecular complexity index is 1070. The van der Waals surface area contributed by atoms with Crippen LogP contribution in [-0.2, 0) is 6.54 Å². The SMILES string of the molecule is Cc1ccccc1OCCN(C)C(=O)c1nn(CC(C)C)c(=O)c2ccccc12. The Hall–Kier alpha value is -3.15. The lowest BCUT2D eigenvalue weighted by atomic mass is 10.1. The van der Waals surface area contributed by atoms with E-state index in [2.05, 4.69) is 5.10 Å². The van der Waals surface area contributed by atoms with E-state index < -0.39 is 0 Å². The number of aromatic nitrogens is 2. The van der Waals surface area contributed by atoms with Crippen LogP contribution in [0.25, 0.3) is 10.8 Å². The number of para-hydroxylation sites is 1. The van der Waals surface area contributed by atoms with Gasteiger partial charge in [0.25, 0.3) is 11.5 Å². The summed E-state index contributed by atoms with van der Waals surface area (Å²) in [5.41, 5.74) is 1.17. The van der Waals surface area contributed by atoms with Gasteiger partial charge in [0, 0.05) is 19.0 Å². The third-order valence-electron chi connectivity index (χ3n) is 4.73. The number of fused-ring (bicyclic) bond motifs is 1. The van der Waals surface area contributed by atoms with Gasteiger partial charge in [0.1, 0.15) is 12.4 Å². The third kappa shape index (κ3) is 4.65. The van der Waals surface area contributed by atoms with E-state index in [1.54, 1.807) is 30.1 Å². The van der Waals surface area contributed by atoms with Crippen molar-refractivity contribution >= 4 is 16.7 Å². The molecule has 0 spiro atoms. The molecule has 0 aliphatic heterocycles. The molecule has 3 rings (SSSR count). The highest BCUT2D eigenvalue weighted by atomic mass is 16.5. The number of hydrogen-bond acceptors (Lipinski definition) is 4. The van der Waals surface area contributed by atoms with Crippen molar-refractivity contribution in [3.8, 4) is 5.75 Å². The quantitative estimate of drug-likeness (QED) is 0.616. The van der Waals surface area contributed by atoms with Crippen LogP contribution in [0.1, 0.15) is 29.9 Å². The number of carbonyl (C=O) groups excluding carboxylic acids is 1. The van der Waals surface area contributed by atoms with Crippen molar-refractivity contribution in [2.24, 2.45) is 5.92 Å². The predicted octanol–water partition coefficient (Wildman–Crippen LogP) is 3.51. The molecule has 1 aromatic heterocycles. The molecule has 0 aliphatic rings. The number of rotatable bonds is 7. The normalized spacial score (nSPS) is 11.1. The number of ether oxygens (including phenoxy) is 1. The van der Waals surface area contributed by atoms with E-state index in [0.29, 0.717) is 36.2 Å². The van der Waals surface area contributed by atoms with Crippen LogP contribution >= 0.6 is 0 Å². The van der Waals surface area contributed by atoms with Gasteiger partial charge in [-0.2, -0.15) is 5.10 Å². The second-order valence-electron chi connectivity index (χ2n) is 7.62. The van der Waals surface area contributed by atoms with Crippen molar-refractivity contribution in [1.82, 2.24) is 14.7 Å². The maximum Gasteiger partial charge on any atom is 0.274 e. The van der Waals surface area contributed by atoms with Crippen LogP contribution < -0.4 is 10.3 Å². The zero-order valence-electron chi connectivity index (χ0n) is 17.4. The highest BCUT2D eigenvalue weighted by Gasteiger charge is 2.20. The molecular weight excluding hydrogens is 366 g/mol. The van der Waals surface area contributed by atoms with E-state index in [1.807, 2.05) is 51.1 Å². The maximum atomic E-state index is 13.1. The first kappa shape index (κ1) is 20.6. The first-order valence-electron chi connectivity index (χ1n) is 9.82. The molecule has 0 atom stereocenters. The lowest BCUT2D eigenvalue weighted by molar-refractivity contribution is 0.0767. The average molecular weight is 393 g/mol. The maximum absolute atomic E-state index is 13.1. The largest absolute Gasteiger partial charge is 0.491 e. The lowest BCUT2D eigenvalue weighted by Gasteiger charge is -2.19. The predicted molar refractivity (Wildman–Crippen MR) is 114 cm³/mol. The minimum atomic E-state index is -0.230. The van der Waals surface area contributed by atoms with Crippen LogP contribution in [0, 0.1) is 12.8 Å². The van der Waals surface area contributed by atoms with Crippen LogP contribution in [-0.4, -0.2) is 40.8 Å². The van der Waals surface area contributed by atoms with Crippen molar-refractivity contribution in [2.45, 2.75) is 27.3 Å². The molecule has 1 heterocycles. The van der Waals surface area contributed by atoms with Gasteiger partial charge in [-0.25, -0.2) is 4.68 Å². The monoisotopic (exact) mass is 393 g/mol. The standard InChI is InChI=1S/C23H27N3O3/c1-16(2)15-26-22(27)19-11-7-6-10-18(19)21(24-26)23(28)25(4)13-14-29-20-12-8-5-9-17(20)3/h5-12,16H,13-15H2,1-4H3. The average Bonchev–Trinajstić information content (AvgIpc) is 2.70. The van der Waals surface area contributed by atoms with Gasteiger partial charge in [0.05, 0.1) is 11.9 Å². The molecule has 152 valence electrons. The van der Waals surface area contributed by atoms with E-state index in [0.717, 1.165) is 11.3 Å². The smallest absolute Gasteiger partial charge is 0.274 e. The van der Waals surface area contributed by atoms with Gasteiger partial charge in [-0.3, -0.25) is 9.59 Å². The first-order chi connectivity index (χ1) is 13.9. The molecule has 0 unspecified atom stereocenters. The summed E-state index contributed by atoms with van der Waals surface area (Å²) >= 11 is 0. The molecule has 0 fully saturated rings. The molecule has 2 aromatic carbocycles. The van der Waals surface area contributed by atoms with Crippen molar-refractivity contribution in [1.29, 1.82) is 0 Å². The molecule has 0 aliphatic carbocycles. The molecule has 29 heavy (non-hydrogen) atoms. The fourth-order valence-electron chi connectivity index (χ4n) is 3.16. The minimum absolute atomic E-state index is 0.170. The second-order valence-corrected chi connectivity index (χ2v) is 7.62. The van der Waals surface area contributed by atoms with E-state index in [1.165, 1.54) is 4.68 Å². The van der Waals surface area contributed by atoms with E-state index in [-0.39, 0.29) is 17.4 Å². The van der Waals surface area contributed by atoms with E-state index in [9.17, 15) is 9.59 Å². The van der Waals surface area contributed by atoms with Crippen LogP contribution in [0.15, 0.2) is 53.3 Å². The number of aryl methyl sites for hydroxylation is 1. The van der Waals surface area contributed by atoms with E-state index >= 15 is 0 Å². The molecular formula is C23H27N3O3. The zero-order chi connectivity index (χ0) is 21.0. The molecule has 1 amide bonds. The van der Waals surface area contributed by atoms with Gasteiger partial charge in [-0.05, 0) is 30.5 Å². The summed E-state index contributed by atoms with van der Waals surface area (Å²) < 4.78 is 7.21. The molecule has 0 N–H and O–H groups in total. The Morgan fingerprint density at radius 3 is 2.45 bits per heavy atom. The Morgan fingerprint density at radius 1 is 1.10 bits per heavy atom. The molecule has 0 saturated carbocycles. The number of amides is 1. The minimum Gasteiger partial charge on any atom is -0.491 e. The number of carbonyl (C=O) groups is 1. The summed E-state index contributed by atoms with van der Waals surface area (Å²) in [7, 11) is 1.72. The van der Waals surface area contributed by atoms with Crippen molar-refractivity contribution < 1.29 is 9.53 Å². The molecule has 6 nitrogen and oxygen atoms in total. The summed E-state index contributed by atoms with van der Waals surface area (Å²) in [5, 5.41) is 5.50. The van der Waals surface area contributed by atoms with E-state index in [4.69, 9.17) is 4.74 Å². The van der Waals surface area contributed by atoms with Gasteiger partial charge in [0.2, 0.25) is 0 Å². The van der Waals surface area contributed by atoms with Gasteiger partial charge in [-0.15, -0.1) is 0 Å². The number of benzene rings is 2. The third-order valence-corrected chi connectivity index (χ3v) is 4.73. The fourth-order valence-corrected chi connectivity index (χ4v) is 3.16. The summed E-state index contributed by atoms with van der Waals surface area (Å²) in [4.78, 5) is 27.4. The van der Waals surface area contributed by atoms with Crippen molar-refractivity contribution in [2.75, 3.05) is 20.2 Å². The first-order valence-corrected chi connectivity index (χ1v) is 9.82. The molecule has 6 heteroatoms. The molecule has 0 bridgehead atoms. The highest BCUT2D eigenvalue weighted by molar-refractivity contribution is 6.04.